The summed E-state index contributed by atoms with van der Waals surface area (Å²) in [5, 5.41) is 26.1. The summed E-state index contributed by atoms with van der Waals surface area (Å²) in [6.45, 7) is 0.516. The van der Waals surface area contributed by atoms with Crippen LogP contribution < -0.4 is 10.1 Å². The molecule has 0 unspecified atom stereocenters. The van der Waals surface area contributed by atoms with Gasteiger partial charge in [-0.2, -0.15) is 0 Å². The zero-order valence-electron chi connectivity index (χ0n) is 19.1. The van der Waals surface area contributed by atoms with Crippen molar-refractivity contribution in [2.24, 2.45) is 0 Å². The summed E-state index contributed by atoms with van der Waals surface area (Å²) in [7, 11) is 1.74. The third kappa shape index (κ3) is 3.71. The molecule has 3 aromatic carbocycles. The highest BCUT2D eigenvalue weighted by molar-refractivity contribution is 9.10. The number of hydrogen-bond acceptors (Lipinski definition) is 7. The Morgan fingerprint density at radius 2 is 1.83 bits per heavy atom. The van der Waals surface area contributed by atoms with Gasteiger partial charge in [0.05, 0.1) is 15.3 Å². The summed E-state index contributed by atoms with van der Waals surface area (Å²) in [6.07, 6.45) is 0. The molecule has 36 heavy (non-hydrogen) atoms. The molecule has 3 atom stereocenters. The fraction of sp³-hybridized carbons (Fsp3) is 0.240. The maximum atomic E-state index is 13.2. The Morgan fingerprint density at radius 3 is 2.50 bits per heavy atom. The number of nitro benzene ring substituents is 1. The van der Waals surface area contributed by atoms with Crippen LogP contribution in [0.15, 0.2) is 71.2 Å². The first-order valence-electron chi connectivity index (χ1n) is 11.1. The Bertz CT molecular complexity index is 1380. The third-order valence-electron chi connectivity index (χ3n) is 6.97. The van der Waals surface area contributed by atoms with Crippen molar-refractivity contribution >= 4 is 33.2 Å². The summed E-state index contributed by atoms with van der Waals surface area (Å²) in [4.78, 5) is 37.5. The van der Waals surface area contributed by atoms with E-state index in [4.69, 9.17) is 4.74 Å². The number of nitrogens with one attached hydrogen (secondary N) is 1. The van der Waals surface area contributed by atoms with E-state index in [0.29, 0.717) is 33.6 Å². The van der Waals surface area contributed by atoms with Crippen molar-refractivity contribution < 1.29 is 19.4 Å². The number of amides is 1. The molecule has 2 heterocycles. The molecule has 0 saturated carbocycles. The zero-order chi connectivity index (χ0) is 25.6. The Labute approximate surface area is 214 Å². The molecule has 0 radical (unpaired) electrons. The molecule has 5 rings (SSSR count). The Hall–Kier alpha value is -3.83. The van der Waals surface area contributed by atoms with E-state index in [2.05, 4.69) is 21.2 Å². The van der Waals surface area contributed by atoms with Crippen LogP contribution in [-0.2, 0) is 16.9 Å². The van der Waals surface area contributed by atoms with Gasteiger partial charge in [-0.3, -0.25) is 29.9 Å². The molecule has 184 valence electrons. The first-order valence-corrected chi connectivity index (χ1v) is 11.9. The van der Waals surface area contributed by atoms with Gasteiger partial charge in [0.2, 0.25) is 0 Å². The van der Waals surface area contributed by atoms with Gasteiger partial charge < -0.3 is 10.1 Å². The van der Waals surface area contributed by atoms with Gasteiger partial charge in [0, 0.05) is 34.9 Å². The third-order valence-corrected chi connectivity index (χ3v) is 7.59. The number of ether oxygens (including phenoxy) is 1. The summed E-state index contributed by atoms with van der Waals surface area (Å²) in [5.74, 6) is -0.403. The predicted molar refractivity (Wildman–Crippen MR) is 134 cm³/mol. The molecule has 1 amide bonds. The molecule has 10 nitrogen and oxygen atoms in total. The van der Waals surface area contributed by atoms with Gasteiger partial charge in [0.25, 0.3) is 17.6 Å². The number of para-hydroxylation sites is 1. The van der Waals surface area contributed by atoms with Gasteiger partial charge in [0.15, 0.2) is 5.54 Å². The number of carbonyl (C=O) groups is 1. The van der Waals surface area contributed by atoms with Crippen LogP contribution in [0.3, 0.4) is 0 Å². The van der Waals surface area contributed by atoms with Crippen LogP contribution in [-0.4, -0.2) is 40.3 Å². The smallest absolute Gasteiger partial charge is 0.269 e. The fourth-order valence-corrected chi connectivity index (χ4v) is 5.83. The number of carbonyl (C=O) groups excluding carboxylic acids is 1. The molecule has 11 heteroatoms. The van der Waals surface area contributed by atoms with E-state index in [-0.39, 0.29) is 17.2 Å². The topological polar surface area (TPSA) is 128 Å². The molecule has 2 aliphatic rings. The Balaban J connectivity index is 1.42. The normalized spacial score (nSPS) is 22.9. The van der Waals surface area contributed by atoms with Crippen molar-refractivity contribution in [3.05, 3.63) is 108 Å². The molecule has 1 fully saturated rings. The molecule has 0 bridgehead atoms. The second-order valence-electron chi connectivity index (χ2n) is 8.89. The fourth-order valence-electron chi connectivity index (χ4n) is 5.32. The van der Waals surface area contributed by atoms with Crippen LogP contribution in [0.2, 0.25) is 0 Å². The second-order valence-corrected chi connectivity index (χ2v) is 9.74. The zero-order valence-corrected chi connectivity index (χ0v) is 20.7. The number of nitro groups is 2. The van der Waals surface area contributed by atoms with E-state index in [9.17, 15) is 25.0 Å². The van der Waals surface area contributed by atoms with E-state index >= 15 is 0 Å². The number of non-ortho nitro benzene ring substituents is 1. The number of benzene rings is 3. The van der Waals surface area contributed by atoms with Gasteiger partial charge in [-0.15, -0.1) is 0 Å². The van der Waals surface area contributed by atoms with Crippen molar-refractivity contribution in [2.75, 3.05) is 18.9 Å². The molecule has 3 aromatic rings. The maximum absolute atomic E-state index is 13.2. The quantitative estimate of drug-likeness (QED) is 0.353. The number of anilines is 1. The monoisotopic (exact) mass is 552 g/mol. The standard InChI is InChI=1S/C25H21BrN4O6/c1-28-13-18(23(30(34)35)25(28)19-4-2-3-5-21(19)27-24(25)31)16-8-11-22(20(26)12-16)36-14-15-6-9-17(10-7-15)29(32)33/h2-12,18,23H,13-14H2,1H3,(H,27,31)/t18-,23+,25+/m1/s1. The van der Waals surface area contributed by atoms with Gasteiger partial charge in [-0.25, -0.2) is 0 Å². The number of hydrogen-bond donors (Lipinski definition) is 1. The van der Waals surface area contributed by atoms with E-state index in [1.165, 1.54) is 12.1 Å². The van der Waals surface area contributed by atoms with Crippen molar-refractivity contribution in [3.8, 4) is 5.75 Å². The number of fused-ring (bicyclic) bond motifs is 2. The summed E-state index contributed by atoms with van der Waals surface area (Å²) in [5.41, 5.74) is 1.29. The maximum Gasteiger partial charge on any atom is 0.269 e. The van der Waals surface area contributed by atoms with Gasteiger partial charge in [-0.05, 0) is 64.4 Å². The number of halogens is 1. The lowest BCUT2D eigenvalue weighted by Gasteiger charge is -2.30. The van der Waals surface area contributed by atoms with Crippen LogP contribution in [0.5, 0.6) is 5.75 Å². The first kappa shape index (κ1) is 23.9. The SMILES string of the molecule is CN1C[C@H](c2ccc(OCc3ccc([N+](=O)[O-])cc3)c(Br)c2)[C@H]([N+](=O)[O-])[C@@]12C(=O)Nc1ccccc12. The van der Waals surface area contributed by atoms with Gasteiger partial charge in [0.1, 0.15) is 12.4 Å². The number of rotatable bonds is 6. The molecule has 2 aliphatic heterocycles. The predicted octanol–water partition coefficient (Wildman–Crippen LogP) is 4.46. The van der Waals surface area contributed by atoms with Crippen molar-refractivity contribution in [3.63, 3.8) is 0 Å². The highest BCUT2D eigenvalue weighted by Crippen LogP contribution is 2.52. The minimum atomic E-state index is -1.40. The molecule has 0 aromatic heterocycles. The summed E-state index contributed by atoms with van der Waals surface area (Å²) in [6, 6.07) is 17.3. The largest absolute Gasteiger partial charge is 0.488 e. The van der Waals surface area contributed by atoms with Crippen LogP contribution >= 0.6 is 15.9 Å². The van der Waals surface area contributed by atoms with Crippen molar-refractivity contribution in [2.45, 2.75) is 24.1 Å². The van der Waals surface area contributed by atoms with Crippen molar-refractivity contribution in [1.82, 2.24) is 4.90 Å². The van der Waals surface area contributed by atoms with Gasteiger partial charge in [-0.1, -0.05) is 24.3 Å². The molecule has 1 saturated heterocycles. The molecule has 0 aliphatic carbocycles. The Morgan fingerprint density at radius 1 is 1.11 bits per heavy atom. The minimum Gasteiger partial charge on any atom is -0.488 e. The molecular formula is C25H21BrN4O6. The highest BCUT2D eigenvalue weighted by Gasteiger charge is 2.68. The van der Waals surface area contributed by atoms with Crippen LogP contribution in [0.4, 0.5) is 11.4 Å². The molecular weight excluding hydrogens is 532 g/mol. The lowest BCUT2D eigenvalue weighted by atomic mass is 9.79. The average Bonchev–Trinajstić information content (AvgIpc) is 3.33. The number of nitrogens with zero attached hydrogens (tertiary/aromatic N) is 3. The summed E-state index contributed by atoms with van der Waals surface area (Å²) < 4.78 is 6.48. The van der Waals surface area contributed by atoms with E-state index in [0.717, 1.165) is 5.56 Å². The number of likely N-dealkylation sites (N-methyl/N-ethyl adjacent to an activating group) is 1. The van der Waals surface area contributed by atoms with E-state index in [1.807, 2.05) is 0 Å². The molecule has 1 spiro atoms. The number of likely N-dealkylation sites (tertiary alicyclic amines) is 1. The van der Waals surface area contributed by atoms with Crippen LogP contribution in [0, 0.1) is 20.2 Å². The average molecular weight is 553 g/mol. The second kappa shape index (κ2) is 8.99. The molecule has 1 N–H and O–H groups in total. The lowest BCUT2D eigenvalue weighted by Crippen LogP contribution is -2.54. The summed E-state index contributed by atoms with van der Waals surface area (Å²) >= 11 is 3.51. The Kier molecular flexibility index (Phi) is 5.97. The van der Waals surface area contributed by atoms with E-state index in [1.54, 1.807) is 66.5 Å². The van der Waals surface area contributed by atoms with Crippen LogP contribution in [0.25, 0.3) is 0 Å². The lowest BCUT2D eigenvalue weighted by molar-refractivity contribution is -0.534. The highest BCUT2D eigenvalue weighted by atomic mass is 79.9. The first-order chi connectivity index (χ1) is 17.2. The van der Waals surface area contributed by atoms with Crippen LogP contribution in [0.1, 0.15) is 22.6 Å². The van der Waals surface area contributed by atoms with Crippen molar-refractivity contribution in [1.29, 1.82) is 0 Å². The van der Waals surface area contributed by atoms with E-state index < -0.39 is 28.3 Å². The van der Waals surface area contributed by atoms with Gasteiger partial charge >= 0.3 is 0 Å². The minimum absolute atomic E-state index is 0.00231.